The molecule has 2 aliphatic heterocycles. The normalized spacial score (nSPS) is 32.0. The van der Waals surface area contributed by atoms with E-state index < -0.39 is 15.6 Å². The molecule has 2 aromatic rings. The quantitative estimate of drug-likeness (QED) is 0.739. The van der Waals surface area contributed by atoms with Crippen LogP contribution in [0.4, 0.5) is 0 Å². The Morgan fingerprint density at radius 2 is 1.72 bits per heavy atom. The predicted octanol–water partition coefficient (Wildman–Crippen LogP) is 4.68. The smallest absolute Gasteiger partial charge is 0.207 e. The minimum absolute atomic E-state index is 0.100. The van der Waals surface area contributed by atoms with Crippen molar-refractivity contribution in [2.75, 3.05) is 13.1 Å². The molecule has 1 aliphatic carbocycles. The van der Waals surface area contributed by atoms with E-state index in [0.717, 1.165) is 36.8 Å². The third kappa shape index (κ3) is 2.72. The molecule has 1 saturated carbocycles. The zero-order valence-electron chi connectivity index (χ0n) is 16.8. The number of sulfonamides is 1. The van der Waals surface area contributed by atoms with Gasteiger partial charge >= 0.3 is 0 Å². The Morgan fingerprint density at radius 1 is 0.966 bits per heavy atom. The van der Waals surface area contributed by atoms with Crippen LogP contribution in [0.2, 0.25) is 0 Å². The summed E-state index contributed by atoms with van der Waals surface area (Å²) in [5.41, 5.74) is 1.32. The highest BCUT2D eigenvalue weighted by atomic mass is 32.2. The molecule has 1 spiro atoms. The number of azo groups is 1. The lowest BCUT2D eigenvalue weighted by Crippen LogP contribution is -2.46. The van der Waals surface area contributed by atoms with Gasteiger partial charge in [0.25, 0.3) is 0 Å². The van der Waals surface area contributed by atoms with Crippen molar-refractivity contribution in [2.45, 2.75) is 55.5 Å². The molecule has 5 nitrogen and oxygen atoms in total. The van der Waals surface area contributed by atoms with E-state index in [1.54, 1.807) is 16.4 Å². The van der Waals surface area contributed by atoms with Crippen molar-refractivity contribution < 1.29 is 8.42 Å². The average Bonchev–Trinajstić information content (AvgIpc) is 3.13. The third-order valence-electron chi connectivity index (χ3n) is 7.20. The van der Waals surface area contributed by atoms with E-state index in [1.807, 2.05) is 37.3 Å². The van der Waals surface area contributed by atoms with Crippen LogP contribution in [0.5, 0.6) is 0 Å². The predicted molar refractivity (Wildman–Crippen MR) is 112 cm³/mol. The van der Waals surface area contributed by atoms with Crippen LogP contribution in [-0.2, 0) is 15.6 Å². The van der Waals surface area contributed by atoms with Crippen molar-refractivity contribution in [3.8, 4) is 0 Å². The monoisotopic (exact) mass is 409 g/mol. The molecule has 152 valence electrons. The second-order valence-corrected chi connectivity index (χ2v) is 10.7. The molecule has 2 fully saturated rings. The minimum Gasteiger partial charge on any atom is -0.207 e. The molecule has 2 heterocycles. The van der Waals surface area contributed by atoms with Gasteiger partial charge in [0, 0.05) is 18.5 Å². The average molecular weight is 410 g/mol. The van der Waals surface area contributed by atoms with Crippen LogP contribution >= 0.6 is 0 Å². The molecule has 0 N–H and O–H groups in total. The topological polar surface area (TPSA) is 62.1 Å². The van der Waals surface area contributed by atoms with Gasteiger partial charge in [-0.15, -0.1) is 0 Å². The first-order valence-electron chi connectivity index (χ1n) is 10.5. The highest BCUT2D eigenvalue weighted by Gasteiger charge is 2.67. The third-order valence-corrected chi connectivity index (χ3v) is 9.01. The van der Waals surface area contributed by atoms with E-state index in [4.69, 9.17) is 10.2 Å². The van der Waals surface area contributed by atoms with Crippen molar-refractivity contribution >= 4 is 10.0 Å². The fraction of sp³-hybridized carbons (Fsp3) is 0.478. The molecule has 0 aromatic heterocycles. The molecule has 5 rings (SSSR count). The second-order valence-electron chi connectivity index (χ2n) is 8.80. The molecule has 3 atom stereocenters. The summed E-state index contributed by atoms with van der Waals surface area (Å²) in [6.45, 7) is 2.83. The summed E-state index contributed by atoms with van der Waals surface area (Å²) in [4.78, 5) is 0.366. The molecule has 1 saturated heterocycles. The molecule has 0 bridgehead atoms. The van der Waals surface area contributed by atoms with Crippen LogP contribution in [0.15, 0.2) is 69.7 Å². The Bertz CT molecular complexity index is 1040. The Hall–Kier alpha value is -2.05. The van der Waals surface area contributed by atoms with E-state index in [2.05, 4.69) is 12.1 Å². The van der Waals surface area contributed by atoms with Crippen molar-refractivity contribution in [1.82, 2.24) is 4.31 Å². The molecule has 29 heavy (non-hydrogen) atoms. The minimum atomic E-state index is -3.58. The summed E-state index contributed by atoms with van der Waals surface area (Å²) < 4.78 is 28.8. The van der Waals surface area contributed by atoms with Gasteiger partial charge in [-0.05, 0) is 37.5 Å². The Balaban J connectivity index is 1.62. The van der Waals surface area contributed by atoms with Crippen molar-refractivity contribution in [3.05, 3.63) is 65.7 Å². The van der Waals surface area contributed by atoms with E-state index >= 15 is 0 Å². The maximum atomic E-state index is 13.6. The summed E-state index contributed by atoms with van der Waals surface area (Å²) in [6.07, 6.45) is 5.40. The van der Waals surface area contributed by atoms with Crippen molar-refractivity contribution in [1.29, 1.82) is 0 Å². The fourth-order valence-corrected chi connectivity index (χ4v) is 7.16. The lowest BCUT2D eigenvalue weighted by molar-refractivity contribution is 0.167. The number of nitrogens with zero attached hydrogens (tertiary/aromatic N) is 3. The van der Waals surface area contributed by atoms with Crippen LogP contribution in [0, 0.1) is 12.3 Å². The summed E-state index contributed by atoms with van der Waals surface area (Å²) in [5, 5.41) is 9.61. The van der Waals surface area contributed by atoms with Gasteiger partial charge < -0.3 is 0 Å². The van der Waals surface area contributed by atoms with Crippen molar-refractivity contribution in [2.24, 2.45) is 15.6 Å². The first-order chi connectivity index (χ1) is 14.0. The van der Waals surface area contributed by atoms with E-state index in [-0.39, 0.29) is 11.5 Å². The van der Waals surface area contributed by atoms with Crippen LogP contribution in [0.25, 0.3) is 0 Å². The molecule has 0 radical (unpaired) electrons. The van der Waals surface area contributed by atoms with Gasteiger partial charge in [0.1, 0.15) is 5.54 Å². The first-order valence-corrected chi connectivity index (χ1v) is 12.0. The number of hydrogen-bond donors (Lipinski definition) is 0. The lowest BCUT2D eigenvalue weighted by Gasteiger charge is -2.39. The van der Waals surface area contributed by atoms with Crippen LogP contribution in [0.3, 0.4) is 0 Å². The molecule has 6 heteroatoms. The van der Waals surface area contributed by atoms with Gasteiger partial charge in [-0.25, -0.2) is 8.42 Å². The second kappa shape index (κ2) is 6.74. The van der Waals surface area contributed by atoms with Gasteiger partial charge in [0.15, 0.2) is 0 Å². The Kier molecular flexibility index (Phi) is 4.40. The summed E-state index contributed by atoms with van der Waals surface area (Å²) >= 11 is 0. The maximum absolute atomic E-state index is 13.6. The summed E-state index contributed by atoms with van der Waals surface area (Å²) in [6, 6.07) is 17.5. The molecule has 2 aromatic carbocycles. The zero-order chi connectivity index (χ0) is 20.1. The SMILES string of the molecule is Cc1ccc(S(=O)(=O)N2C[C@@]34CCCCC[C@H]3N=N[C@@]4(c3ccccc3)C2)cc1. The molecular formula is C23H27N3O2S. The largest absolute Gasteiger partial charge is 0.243 e. The maximum Gasteiger partial charge on any atom is 0.243 e. The van der Waals surface area contributed by atoms with Gasteiger partial charge in [-0.1, -0.05) is 67.3 Å². The van der Waals surface area contributed by atoms with Gasteiger partial charge in [0.05, 0.1) is 10.9 Å². The standard InChI is InChI=1S/C23H27N3O2S/c1-18-11-13-20(14-12-18)29(27,28)26-16-22-15-7-3-6-10-21(22)24-25-23(22,17-26)19-8-4-2-5-9-19/h2,4-5,8-9,11-14,21H,3,6-7,10,15-17H2,1H3/t21-,22+,23-/m1/s1. The summed E-state index contributed by atoms with van der Waals surface area (Å²) in [7, 11) is -3.58. The number of hydrogen-bond acceptors (Lipinski definition) is 4. The molecule has 3 aliphatic rings. The molecule has 0 unspecified atom stereocenters. The Labute approximate surface area is 172 Å². The zero-order valence-corrected chi connectivity index (χ0v) is 17.6. The van der Waals surface area contributed by atoms with E-state index in [9.17, 15) is 8.42 Å². The lowest BCUT2D eigenvalue weighted by atomic mass is 9.63. The van der Waals surface area contributed by atoms with Gasteiger partial charge in [-0.3, -0.25) is 0 Å². The van der Waals surface area contributed by atoms with Crippen LogP contribution in [0.1, 0.15) is 43.2 Å². The van der Waals surface area contributed by atoms with E-state index in [1.165, 1.54) is 6.42 Å². The number of benzene rings is 2. The van der Waals surface area contributed by atoms with Gasteiger partial charge in [-0.2, -0.15) is 14.5 Å². The highest BCUT2D eigenvalue weighted by molar-refractivity contribution is 7.89. The van der Waals surface area contributed by atoms with Crippen LogP contribution in [-0.4, -0.2) is 31.9 Å². The Morgan fingerprint density at radius 3 is 2.48 bits per heavy atom. The first kappa shape index (κ1) is 18.9. The van der Waals surface area contributed by atoms with E-state index in [0.29, 0.717) is 18.0 Å². The fourth-order valence-electron chi connectivity index (χ4n) is 5.63. The highest BCUT2D eigenvalue weighted by Crippen LogP contribution is 2.61. The number of rotatable bonds is 3. The summed E-state index contributed by atoms with van der Waals surface area (Å²) in [5.74, 6) is 0. The van der Waals surface area contributed by atoms with Crippen LogP contribution < -0.4 is 0 Å². The molecule has 0 amide bonds. The molecular weight excluding hydrogens is 382 g/mol. The van der Waals surface area contributed by atoms with Crippen molar-refractivity contribution in [3.63, 3.8) is 0 Å². The van der Waals surface area contributed by atoms with Gasteiger partial charge in [0.2, 0.25) is 10.0 Å². The number of aryl methyl sites for hydroxylation is 1.